The van der Waals surface area contributed by atoms with Crippen LogP contribution in [0.25, 0.3) is 10.8 Å². The summed E-state index contributed by atoms with van der Waals surface area (Å²) in [4.78, 5) is 41.9. The Labute approximate surface area is 231 Å². The summed E-state index contributed by atoms with van der Waals surface area (Å²) in [5, 5.41) is 7.85. The molecule has 0 fully saturated rings. The number of hydrogen-bond donors (Lipinski definition) is 2. The quantitative estimate of drug-likeness (QED) is 0.346. The van der Waals surface area contributed by atoms with Crippen LogP contribution in [0, 0.1) is 19.8 Å². The monoisotopic (exact) mass is 531 g/mol. The molecule has 3 unspecified atom stereocenters. The molecule has 0 spiro atoms. The first kappa shape index (κ1) is 29.7. The molecule has 39 heavy (non-hydrogen) atoms. The van der Waals surface area contributed by atoms with E-state index in [1.807, 2.05) is 88.4 Å². The summed E-state index contributed by atoms with van der Waals surface area (Å²) in [6.45, 7) is 13.1. The number of anilines is 1. The lowest BCUT2D eigenvalue weighted by Gasteiger charge is -2.34. The van der Waals surface area contributed by atoms with Crippen molar-refractivity contribution in [2.24, 2.45) is 5.92 Å². The SMILES string of the molecule is CCC(C)C(NC(=O)OC(C)(C)C)C(=O)N(C)C(C(=O)Nc1ccc2ccccc2c1)c1ccc(C)cc1C. The van der Waals surface area contributed by atoms with Gasteiger partial charge in [-0.05, 0) is 74.6 Å². The minimum absolute atomic E-state index is 0.184. The molecule has 0 radical (unpaired) electrons. The summed E-state index contributed by atoms with van der Waals surface area (Å²) in [5.41, 5.74) is 2.60. The van der Waals surface area contributed by atoms with E-state index in [-0.39, 0.29) is 17.7 Å². The molecule has 0 bridgehead atoms. The normalized spacial score (nSPS) is 13.7. The van der Waals surface area contributed by atoms with E-state index in [1.165, 1.54) is 4.90 Å². The van der Waals surface area contributed by atoms with Gasteiger partial charge in [0.1, 0.15) is 17.7 Å². The molecule has 3 amide bonds. The maximum absolute atomic E-state index is 13.9. The third kappa shape index (κ3) is 7.59. The lowest BCUT2D eigenvalue weighted by atomic mass is 9.94. The van der Waals surface area contributed by atoms with Gasteiger partial charge in [-0.25, -0.2) is 4.79 Å². The second-order valence-corrected chi connectivity index (χ2v) is 11.3. The fourth-order valence-electron chi connectivity index (χ4n) is 4.60. The Morgan fingerprint density at radius 2 is 1.62 bits per heavy atom. The van der Waals surface area contributed by atoms with Gasteiger partial charge in [0.15, 0.2) is 0 Å². The molecule has 0 aromatic heterocycles. The number of likely N-dealkylation sites (N-methyl/N-ethyl adjacent to an activating group) is 1. The van der Waals surface area contributed by atoms with Crippen molar-refractivity contribution in [1.29, 1.82) is 0 Å². The molecule has 3 aromatic rings. The molecule has 3 aromatic carbocycles. The van der Waals surface area contributed by atoms with Gasteiger partial charge in [0.05, 0.1) is 0 Å². The topological polar surface area (TPSA) is 87.7 Å². The summed E-state index contributed by atoms with van der Waals surface area (Å²) in [6, 6.07) is 17.7. The number of amides is 3. The molecule has 0 heterocycles. The van der Waals surface area contributed by atoms with Crippen LogP contribution in [0.2, 0.25) is 0 Å². The lowest BCUT2D eigenvalue weighted by molar-refractivity contribution is -0.140. The molecule has 0 aliphatic rings. The van der Waals surface area contributed by atoms with Gasteiger partial charge >= 0.3 is 6.09 Å². The van der Waals surface area contributed by atoms with Crippen LogP contribution < -0.4 is 10.6 Å². The van der Waals surface area contributed by atoms with Crippen LogP contribution in [-0.4, -0.2) is 41.5 Å². The number of alkyl carbamates (subject to hydrolysis) is 1. The highest BCUT2D eigenvalue weighted by Crippen LogP contribution is 2.28. The Kier molecular flexibility index (Phi) is 9.38. The van der Waals surface area contributed by atoms with Crippen molar-refractivity contribution in [3.63, 3.8) is 0 Å². The van der Waals surface area contributed by atoms with Crippen LogP contribution in [0.4, 0.5) is 10.5 Å². The van der Waals surface area contributed by atoms with Crippen molar-refractivity contribution >= 4 is 34.4 Å². The van der Waals surface area contributed by atoms with Gasteiger partial charge in [-0.1, -0.05) is 74.4 Å². The van der Waals surface area contributed by atoms with E-state index in [0.717, 1.165) is 27.5 Å². The van der Waals surface area contributed by atoms with Gasteiger partial charge in [-0.2, -0.15) is 0 Å². The third-order valence-electron chi connectivity index (χ3n) is 6.87. The Bertz CT molecular complexity index is 1340. The van der Waals surface area contributed by atoms with Crippen LogP contribution in [0.15, 0.2) is 60.7 Å². The Morgan fingerprint density at radius 1 is 0.949 bits per heavy atom. The van der Waals surface area contributed by atoms with Gasteiger partial charge < -0.3 is 20.3 Å². The van der Waals surface area contributed by atoms with Crippen molar-refractivity contribution in [2.75, 3.05) is 12.4 Å². The number of rotatable bonds is 8. The van der Waals surface area contributed by atoms with Crippen LogP contribution >= 0.6 is 0 Å². The number of nitrogens with zero attached hydrogens (tertiary/aromatic N) is 1. The Morgan fingerprint density at radius 3 is 2.23 bits per heavy atom. The second kappa shape index (κ2) is 12.3. The average Bonchev–Trinajstić information content (AvgIpc) is 2.86. The zero-order valence-corrected chi connectivity index (χ0v) is 24.3. The molecule has 0 saturated heterocycles. The summed E-state index contributed by atoms with van der Waals surface area (Å²) >= 11 is 0. The summed E-state index contributed by atoms with van der Waals surface area (Å²) in [5.74, 6) is -0.891. The van der Waals surface area contributed by atoms with Crippen LogP contribution in [0.3, 0.4) is 0 Å². The predicted molar refractivity (Wildman–Crippen MR) is 157 cm³/mol. The lowest BCUT2D eigenvalue weighted by Crippen LogP contribution is -2.53. The number of hydrogen-bond acceptors (Lipinski definition) is 4. The summed E-state index contributed by atoms with van der Waals surface area (Å²) < 4.78 is 5.43. The standard InChI is InChI=1S/C32H41N3O4/c1-9-21(3)27(34-31(38)39-32(5,6)7)30(37)35(8)28(26-17-14-20(2)18-22(26)4)29(36)33-25-16-15-23-12-10-11-13-24(23)19-25/h10-19,21,27-28H,9H2,1-8H3,(H,33,36)(H,34,38). The van der Waals surface area contributed by atoms with Gasteiger partial charge in [-0.3, -0.25) is 9.59 Å². The molecule has 0 saturated carbocycles. The fraction of sp³-hybridized carbons (Fsp3) is 0.406. The molecular formula is C32H41N3O4. The van der Waals surface area contributed by atoms with Gasteiger partial charge in [0.25, 0.3) is 5.91 Å². The minimum atomic E-state index is -0.920. The van der Waals surface area contributed by atoms with E-state index in [9.17, 15) is 14.4 Å². The Hall–Kier alpha value is -3.87. The van der Waals surface area contributed by atoms with Gasteiger partial charge in [0.2, 0.25) is 5.91 Å². The molecular weight excluding hydrogens is 490 g/mol. The number of fused-ring (bicyclic) bond motifs is 1. The average molecular weight is 532 g/mol. The number of aryl methyl sites for hydroxylation is 2. The fourth-order valence-corrected chi connectivity index (χ4v) is 4.60. The van der Waals surface area contributed by atoms with E-state index in [1.54, 1.807) is 27.8 Å². The number of ether oxygens (including phenoxy) is 1. The summed E-state index contributed by atoms with van der Waals surface area (Å²) in [6.07, 6.45) is -0.0180. The highest BCUT2D eigenvalue weighted by Gasteiger charge is 2.36. The van der Waals surface area contributed by atoms with Gasteiger partial charge in [0, 0.05) is 12.7 Å². The number of carbonyl (C=O) groups is 3. The molecule has 2 N–H and O–H groups in total. The smallest absolute Gasteiger partial charge is 0.408 e. The second-order valence-electron chi connectivity index (χ2n) is 11.3. The predicted octanol–water partition coefficient (Wildman–Crippen LogP) is 6.53. The van der Waals surface area contributed by atoms with E-state index in [0.29, 0.717) is 12.1 Å². The van der Waals surface area contributed by atoms with E-state index in [4.69, 9.17) is 4.74 Å². The molecule has 7 heteroatoms. The van der Waals surface area contributed by atoms with Crippen molar-refractivity contribution < 1.29 is 19.1 Å². The van der Waals surface area contributed by atoms with Crippen LogP contribution in [0.1, 0.15) is 63.8 Å². The first-order valence-corrected chi connectivity index (χ1v) is 13.4. The van der Waals surface area contributed by atoms with Crippen LogP contribution in [0.5, 0.6) is 0 Å². The van der Waals surface area contributed by atoms with Crippen molar-refractivity contribution in [2.45, 2.75) is 72.6 Å². The first-order valence-electron chi connectivity index (χ1n) is 13.4. The molecule has 208 valence electrons. The van der Waals surface area contributed by atoms with Gasteiger partial charge in [-0.15, -0.1) is 0 Å². The largest absolute Gasteiger partial charge is 0.444 e. The number of nitrogens with one attached hydrogen (secondary N) is 2. The maximum atomic E-state index is 13.9. The first-order chi connectivity index (χ1) is 18.3. The van der Waals surface area contributed by atoms with E-state index >= 15 is 0 Å². The van der Waals surface area contributed by atoms with E-state index in [2.05, 4.69) is 10.6 Å². The number of benzene rings is 3. The number of carbonyl (C=O) groups excluding carboxylic acids is 3. The van der Waals surface area contributed by atoms with E-state index < -0.39 is 23.8 Å². The van der Waals surface area contributed by atoms with Crippen molar-refractivity contribution in [3.05, 3.63) is 77.4 Å². The molecule has 0 aliphatic heterocycles. The zero-order valence-electron chi connectivity index (χ0n) is 24.3. The minimum Gasteiger partial charge on any atom is -0.444 e. The van der Waals surface area contributed by atoms with Crippen molar-refractivity contribution in [1.82, 2.24) is 10.2 Å². The third-order valence-corrected chi connectivity index (χ3v) is 6.87. The molecule has 3 atom stereocenters. The molecule has 7 nitrogen and oxygen atoms in total. The van der Waals surface area contributed by atoms with Crippen LogP contribution in [-0.2, 0) is 14.3 Å². The maximum Gasteiger partial charge on any atom is 0.408 e. The highest BCUT2D eigenvalue weighted by molar-refractivity contribution is 6.00. The highest BCUT2D eigenvalue weighted by atomic mass is 16.6. The zero-order chi connectivity index (χ0) is 28.9. The Balaban J connectivity index is 1.97. The molecule has 3 rings (SSSR count). The summed E-state index contributed by atoms with van der Waals surface area (Å²) in [7, 11) is 1.61. The van der Waals surface area contributed by atoms with Crippen molar-refractivity contribution in [3.8, 4) is 0 Å². The molecule has 0 aliphatic carbocycles.